The number of rotatable bonds is 3. The normalized spacial score (nSPS) is 12.7. The highest BCUT2D eigenvalue weighted by molar-refractivity contribution is 7.10. The smallest absolute Gasteiger partial charge is 0.0465 e. The van der Waals surface area contributed by atoms with Gasteiger partial charge >= 0.3 is 0 Å². The van der Waals surface area contributed by atoms with Gasteiger partial charge in [-0.1, -0.05) is 72.8 Å². The largest absolute Gasteiger partial charge is 0.355 e. The Labute approximate surface area is 173 Å². The Balaban J connectivity index is 1.58. The van der Waals surface area contributed by atoms with Gasteiger partial charge in [0.15, 0.2) is 0 Å². The number of H-pyrrole nitrogens is 1. The fourth-order valence-corrected chi connectivity index (χ4v) is 5.29. The van der Waals surface area contributed by atoms with E-state index in [-0.39, 0.29) is 5.92 Å². The van der Waals surface area contributed by atoms with Gasteiger partial charge in [0.1, 0.15) is 0 Å². The molecule has 1 nitrogen and oxygen atoms in total. The molecule has 0 saturated heterocycles. The molecule has 138 valence electrons. The van der Waals surface area contributed by atoms with Crippen LogP contribution in [0.4, 0.5) is 0 Å². The topological polar surface area (TPSA) is 15.8 Å². The predicted octanol–water partition coefficient (Wildman–Crippen LogP) is 7.72. The number of aromatic nitrogens is 1. The third kappa shape index (κ3) is 2.76. The van der Waals surface area contributed by atoms with Crippen molar-refractivity contribution in [3.8, 4) is 0 Å². The monoisotopic (exact) mass is 389 g/mol. The zero-order chi connectivity index (χ0) is 19.2. The number of aromatic amines is 1. The molecule has 0 fully saturated rings. The minimum Gasteiger partial charge on any atom is -0.355 e. The number of para-hydroxylation sites is 1. The lowest BCUT2D eigenvalue weighted by Gasteiger charge is -2.18. The second-order valence-electron chi connectivity index (χ2n) is 7.53. The molecular weight excluding hydrogens is 370 g/mol. The van der Waals surface area contributed by atoms with Crippen molar-refractivity contribution < 1.29 is 0 Å². The standard InChI is InChI=1S/C27H19NS/c1-2-7-19-16-20(12-11-18(19)6-1)27(26-10-5-15-29-26)21-13-14-25-23(17-21)22-8-3-4-9-24(22)28-25/h1-17,27-28H. The summed E-state index contributed by atoms with van der Waals surface area (Å²) in [4.78, 5) is 4.92. The minimum absolute atomic E-state index is 0.234. The molecule has 6 rings (SSSR count). The molecule has 0 spiro atoms. The van der Waals surface area contributed by atoms with Crippen molar-refractivity contribution in [3.05, 3.63) is 118 Å². The molecule has 4 aromatic carbocycles. The lowest BCUT2D eigenvalue weighted by molar-refractivity contribution is 1.01. The van der Waals surface area contributed by atoms with Crippen molar-refractivity contribution in [1.82, 2.24) is 4.98 Å². The maximum absolute atomic E-state index is 3.55. The summed E-state index contributed by atoms with van der Waals surface area (Å²) >= 11 is 1.83. The van der Waals surface area contributed by atoms with Crippen molar-refractivity contribution in [2.45, 2.75) is 5.92 Å². The summed E-state index contributed by atoms with van der Waals surface area (Å²) in [5.41, 5.74) is 5.06. The summed E-state index contributed by atoms with van der Waals surface area (Å²) in [6.07, 6.45) is 0. The molecule has 0 bridgehead atoms. The van der Waals surface area contributed by atoms with Crippen molar-refractivity contribution >= 4 is 43.9 Å². The molecule has 0 aliphatic heterocycles. The summed E-state index contributed by atoms with van der Waals surface area (Å²) in [7, 11) is 0. The SMILES string of the molecule is c1csc(C(c2ccc3ccccc3c2)c2ccc3[nH]c4ccccc4c3c2)c1. The quantitative estimate of drug-likeness (QED) is 0.319. The second-order valence-corrected chi connectivity index (χ2v) is 8.51. The zero-order valence-electron chi connectivity index (χ0n) is 15.8. The minimum atomic E-state index is 0.234. The first-order valence-electron chi connectivity index (χ1n) is 9.89. The molecule has 0 aliphatic rings. The Bertz CT molecular complexity index is 1460. The Morgan fingerprint density at radius 3 is 2.24 bits per heavy atom. The number of hydrogen-bond acceptors (Lipinski definition) is 1. The van der Waals surface area contributed by atoms with Crippen LogP contribution in [0.25, 0.3) is 32.6 Å². The van der Waals surface area contributed by atoms with Crippen LogP contribution in [0.3, 0.4) is 0 Å². The molecule has 1 N–H and O–H groups in total. The van der Waals surface area contributed by atoms with Crippen LogP contribution in [0.15, 0.2) is 102 Å². The van der Waals surface area contributed by atoms with E-state index in [1.165, 1.54) is 48.6 Å². The van der Waals surface area contributed by atoms with E-state index in [1.54, 1.807) is 0 Å². The van der Waals surface area contributed by atoms with E-state index in [4.69, 9.17) is 0 Å². The van der Waals surface area contributed by atoms with E-state index in [0.717, 1.165) is 0 Å². The highest BCUT2D eigenvalue weighted by Gasteiger charge is 2.19. The Kier molecular flexibility index (Phi) is 3.78. The van der Waals surface area contributed by atoms with E-state index < -0.39 is 0 Å². The van der Waals surface area contributed by atoms with Crippen molar-refractivity contribution in [2.24, 2.45) is 0 Å². The van der Waals surface area contributed by atoms with E-state index in [0.29, 0.717) is 0 Å². The number of fused-ring (bicyclic) bond motifs is 4. The molecule has 0 radical (unpaired) electrons. The third-order valence-corrected chi connectivity index (χ3v) is 6.74. The van der Waals surface area contributed by atoms with Gasteiger partial charge in [0, 0.05) is 32.6 Å². The van der Waals surface area contributed by atoms with Crippen LogP contribution in [0.1, 0.15) is 21.9 Å². The van der Waals surface area contributed by atoms with Gasteiger partial charge in [-0.2, -0.15) is 0 Å². The van der Waals surface area contributed by atoms with Crippen molar-refractivity contribution in [2.75, 3.05) is 0 Å². The van der Waals surface area contributed by atoms with E-state index in [2.05, 4.69) is 107 Å². The van der Waals surface area contributed by atoms with Gasteiger partial charge in [-0.05, 0) is 51.5 Å². The molecular formula is C27H19NS. The fraction of sp³-hybridized carbons (Fsp3) is 0.0370. The summed E-state index contributed by atoms with van der Waals surface area (Å²) in [6, 6.07) is 35.3. The van der Waals surface area contributed by atoms with Crippen molar-refractivity contribution in [3.63, 3.8) is 0 Å². The van der Waals surface area contributed by atoms with Gasteiger partial charge in [0.25, 0.3) is 0 Å². The first-order valence-corrected chi connectivity index (χ1v) is 10.8. The van der Waals surface area contributed by atoms with Gasteiger partial charge in [-0.15, -0.1) is 11.3 Å². The van der Waals surface area contributed by atoms with Crippen LogP contribution in [-0.4, -0.2) is 4.98 Å². The lowest BCUT2D eigenvalue weighted by atomic mass is 9.88. The summed E-state index contributed by atoms with van der Waals surface area (Å²) in [6.45, 7) is 0. The van der Waals surface area contributed by atoms with Crippen LogP contribution in [0, 0.1) is 0 Å². The molecule has 0 amide bonds. The highest BCUT2D eigenvalue weighted by atomic mass is 32.1. The van der Waals surface area contributed by atoms with E-state index >= 15 is 0 Å². The first-order chi connectivity index (χ1) is 14.4. The third-order valence-electron chi connectivity index (χ3n) is 5.80. The van der Waals surface area contributed by atoms with Crippen LogP contribution in [-0.2, 0) is 0 Å². The fourth-order valence-electron chi connectivity index (χ4n) is 4.41. The van der Waals surface area contributed by atoms with Crippen LogP contribution >= 0.6 is 11.3 Å². The Morgan fingerprint density at radius 1 is 0.586 bits per heavy atom. The van der Waals surface area contributed by atoms with Gasteiger partial charge in [-0.3, -0.25) is 0 Å². The zero-order valence-corrected chi connectivity index (χ0v) is 16.6. The van der Waals surface area contributed by atoms with Crippen LogP contribution in [0.2, 0.25) is 0 Å². The van der Waals surface area contributed by atoms with Crippen molar-refractivity contribution in [1.29, 1.82) is 0 Å². The summed E-state index contributed by atoms with van der Waals surface area (Å²) in [5, 5.41) is 7.33. The maximum atomic E-state index is 3.55. The first kappa shape index (κ1) is 16.6. The molecule has 6 aromatic rings. The molecule has 0 saturated carbocycles. The Hall–Kier alpha value is -3.36. The predicted molar refractivity (Wildman–Crippen MR) is 125 cm³/mol. The molecule has 2 heteroatoms. The van der Waals surface area contributed by atoms with Crippen LogP contribution < -0.4 is 0 Å². The molecule has 2 aromatic heterocycles. The number of benzene rings is 4. The summed E-state index contributed by atoms with van der Waals surface area (Å²) < 4.78 is 0. The molecule has 2 heterocycles. The van der Waals surface area contributed by atoms with E-state index in [9.17, 15) is 0 Å². The number of nitrogens with one attached hydrogen (secondary N) is 1. The second kappa shape index (κ2) is 6.61. The summed E-state index contributed by atoms with van der Waals surface area (Å²) in [5.74, 6) is 0.234. The lowest BCUT2D eigenvalue weighted by Crippen LogP contribution is -2.01. The molecule has 1 unspecified atom stereocenters. The van der Waals surface area contributed by atoms with Crippen LogP contribution in [0.5, 0.6) is 0 Å². The number of thiophene rings is 1. The highest BCUT2D eigenvalue weighted by Crippen LogP contribution is 2.38. The van der Waals surface area contributed by atoms with Gasteiger partial charge < -0.3 is 4.98 Å². The molecule has 0 aliphatic carbocycles. The average molecular weight is 390 g/mol. The van der Waals surface area contributed by atoms with Gasteiger partial charge in [0.05, 0.1) is 0 Å². The van der Waals surface area contributed by atoms with E-state index in [1.807, 2.05) is 11.3 Å². The Morgan fingerprint density at radius 2 is 1.34 bits per heavy atom. The average Bonchev–Trinajstić information content (AvgIpc) is 3.42. The number of hydrogen-bond donors (Lipinski definition) is 1. The van der Waals surface area contributed by atoms with Gasteiger partial charge in [0.2, 0.25) is 0 Å². The maximum Gasteiger partial charge on any atom is 0.0465 e. The van der Waals surface area contributed by atoms with Gasteiger partial charge in [-0.25, -0.2) is 0 Å². The molecule has 1 atom stereocenters. The molecule has 29 heavy (non-hydrogen) atoms.